The van der Waals surface area contributed by atoms with Crippen LogP contribution in [0.1, 0.15) is 26.6 Å². The SMILES string of the molecule is CCc1nc(NN)cc(NC(CN(C)C)C(C)C)n1. The van der Waals surface area contributed by atoms with Crippen LogP contribution in [-0.4, -0.2) is 41.5 Å². The first-order valence-corrected chi connectivity index (χ1v) is 6.72. The van der Waals surface area contributed by atoms with Gasteiger partial charge in [-0.3, -0.25) is 0 Å². The largest absolute Gasteiger partial charge is 0.366 e. The molecule has 0 aromatic carbocycles. The molecule has 108 valence electrons. The third-order valence-electron chi connectivity index (χ3n) is 2.94. The molecule has 0 aliphatic rings. The second-order valence-corrected chi connectivity index (χ2v) is 5.31. The highest BCUT2D eigenvalue weighted by atomic mass is 15.3. The van der Waals surface area contributed by atoms with Gasteiger partial charge in [0.1, 0.15) is 17.5 Å². The number of hydrogen-bond acceptors (Lipinski definition) is 6. The van der Waals surface area contributed by atoms with E-state index in [9.17, 15) is 0 Å². The average molecular weight is 266 g/mol. The highest BCUT2D eigenvalue weighted by Crippen LogP contribution is 2.15. The van der Waals surface area contributed by atoms with Crippen LogP contribution in [0.25, 0.3) is 0 Å². The number of aryl methyl sites for hydroxylation is 1. The number of nitrogen functional groups attached to an aromatic ring is 1. The molecule has 1 unspecified atom stereocenters. The first kappa shape index (κ1) is 15.7. The maximum absolute atomic E-state index is 5.44. The van der Waals surface area contributed by atoms with Crippen LogP contribution in [0.3, 0.4) is 0 Å². The summed E-state index contributed by atoms with van der Waals surface area (Å²) in [7, 11) is 4.14. The van der Waals surface area contributed by atoms with Crippen molar-refractivity contribution in [2.75, 3.05) is 31.4 Å². The number of nitrogens with two attached hydrogens (primary N) is 1. The number of aromatic nitrogens is 2. The highest BCUT2D eigenvalue weighted by molar-refractivity contribution is 5.47. The summed E-state index contributed by atoms with van der Waals surface area (Å²) >= 11 is 0. The number of hydrogen-bond donors (Lipinski definition) is 3. The van der Waals surface area contributed by atoms with Gasteiger partial charge in [-0.25, -0.2) is 15.8 Å². The molecule has 0 saturated heterocycles. The summed E-state index contributed by atoms with van der Waals surface area (Å²) in [6.07, 6.45) is 0.782. The Morgan fingerprint density at radius 3 is 2.37 bits per heavy atom. The molecule has 19 heavy (non-hydrogen) atoms. The minimum Gasteiger partial charge on any atom is -0.366 e. The van der Waals surface area contributed by atoms with Gasteiger partial charge in [0.2, 0.25) is 0 Å². The lowest BCUT2D eigenvalue weighted by Crippen LogP contribution is -2.36. The van der Waals surface area contributed by atoms with Gasteiger partial charge in [-0.2, -0.15) is 0 Å². The fourth-order valence-electron chi connectivity index (χ4n) is 1.81. The van der Waals surface area contributed by atoms with Crippen molar-refractivity contribution in [2.45, 2.75) is 33.2 Å². The fourth-order valence-corrected chi connectivity index (χ4v) is 1.81. The Bertz CT molecular complexity index is 368. The Morgan fingerprint density at radius 2 is 1.89 bits per heavy atom. The van der Waals surface area contributed by atoms with Crippen molar-refractivity contribution in [1.82, 2.24) is 14.9 Å². The molecule has 6 heteroatoms. The van der Waals surface area contributed by atoms with Crippen LogP contribution in [-0.2, 0) is 6.42 Å². The Morgan fingerprint density at radius 1 is 1.26 bits per heavy atom. The van der Waals surface area contributed by atoms with Crippen LogP contribution in [0, 0.1) is 5.92 Å². The smallest absolute Gasteiger partial charge is 0.145 e. The standard InChI is InChI=1S/C13H26N6/c1-6-11-16-12(7-13(17-11)18-14)15-10(9(2)3)8-19(4)5/h7,9-10H,6,8,14H2,1-5H3,(H2,15,16,17,18). The molecule has 1 atom stereocenters. The van der Waals surface area contributed by atoms with Gasteiger partial charge in [0, 0.05) is 25.1 Å². The van der Waals surface area contributed by atoms with E-state index in [1.807, 2.05) is 13.0 Å². The van der Waals surface area contributed by atoms with E-state index >= 15 is 0 Å². The maximum atomic E-state index is 5.44. The quantitative estimate of drug-likeness (QED) is 0.510. The minimum atomic E-state index is 0.334. The summed E-state index contributed by atoms with van der Waals surface area (Å²) in [5, 5.41) is 3.47. The van der Waals surface area contributed by atoms with Crippen molar-refractivity contribution in [3.63, 3.8) is 0 Å². The number of nitrogens with one attached hydrogen (secondary N) is 2. The van der Waals surface area contributed by atoms with Gasteiger partial charge in [-0.1, -0.05) is 20.8 Å². The van der Waals surface area contributed by atoms with Gasteiger partial charge >= 0.3 is 0 Å². The molecule has 0 bridgehead atoms. The monoisotopic (exact) mass is 266 g/mol. The van der Waals surface area contributed by atoms with E-state index in [2.05, 4.69) is 53.6 Å². The summed E-state index contributed by atoms with van der Waals surface area (Å²) in [6, 6.07) is 2.17. The summed E-state index contributed by atoms with van der Waals surface area (Å²) in [6.45, 7) is 7.38. The zero-order valence-electron chi connectivity index (χ0n) is 12.6. The molecule has 4 N–H and O–H groups in total. The molecule has 6 nitrogen and oxygen atoms in total. The average Bonchev–Trinajstić information content (AvgIpc) is 2.36. The van der Waals surface area contributed by atoms with Crippen molar-refractivity contribution in [1.29, 1.82) is 0 Å². The lowest BCUT2D eigenvalue weighted by Gasteiger charge is -2.26. The van der Waals surface area contributed by atoms with E-state index in [0.29, 0.717) is 17.8 Å². The van der Waals surface area contributed by atoms with Gasteiger partial charge in [0.15, 0.2) is 0 Å². The molecule has 0 amide bonds. The number of anilines is 2. The van der Waals surface area contributed by atoms with E-state index < -0.39 is 0 Å². The summed E-state index contributed by atoms with van der Waals surface area (Å²) in [5.41, 5.74) is 2.58. The van der Waals surface area contributed by atoms with Gasteiger partial charge < -0.3 is 15.6 Å². The summed E-state index contributed by atoms with van der Waals surface area (Å²) < 4.78 is 0. The van der Waals surface area contributed by atoms with Crippen LogP contribution in [0.4, 0.5) is 11.6 Å². The molecule has 0 fully saturated rings. The molecular weight excluding hydrogens is 240 g/mol. The molecular formula is C13H26N6. The Labute approximate surface area is 115 Å². The number of hydrazine groups is 1. The molecule has 0 aliphatic heterocycles. The van der Waals surface area contributed by atoms with Crippen LogP contribution in [0.15, 0.2) is 6.07 Å². The maximum Gasteiger partial charge on any atom is 0.145 e. The second-order valence-electron chi connectivity index (χ2n) is 5.31. The number of likely N-dealkylation sites (N-methyl/N-ethyl adjacent to an activating group) is 1. The third-order valence-corrected chi connectivity index (χ3v) is 2.94. The first-order valence-electron chi connectivity index (χ1n) is 6.72. The first-order chi connectivity index (χ1) is 8.96. The van der Waals surface area contributed by atoms with E-state index in [1.165, 1.54) is 0 Å². The highest BCUT2D eigenvalue weighted by Gasteiger charge is 2.15. The van der Waals surface area contributed by atoms with Crippen LogP contribution in [0.2, 0.25) is 0 Å². The Hall–Kier alpha value is -1.40. The van der Waals surface area contributed by atoms with Crippen molar-refractivity contribution in [3.8, 4) is 0 Å². The summed E-state index contributed by atoms with van der Waals surface area (Å²) in [4.78, 5) is 10.9. The zero-order chi connectivity index (χ0) is 14.4. The predicted octanol–water partition coefficient (Wildman–Crippen LogP) is 1.32. The lowest BCUT2D eigenvalue weighted by molar-refractivity contribution is 0.344. The van der Waals surface area contributed by atoms with Crippen LogP contribution < -0.4 is 16.6 Å². The molecule has 1 aromatic heterocycles. The molecule has 1 aromatic rings. The Balaban J connectivity index is 2.88. The van der Waals surface area contributed by atoms with Gasteiger partial charge in [-0.05, 0) is 20.0 Å². The van der Waals surface area contributed by atoms with E-state index in [-0.39, 0.29) is 0 Å². The third kappa shape index (κ3) is 5.00. The minimum absolute atomic E-state index is 0.334. The van der Waals surface area contributed by atoms with E-state index in [4.69, 9.17) is 5.84 Å². The van der Waals surface area contributed by atoms with Crippen molar-refractivity contribution in [3.05, 3.63) is 11.9 Å². The fraction of sp³-hybridized carbons (Fsp3) is 0.692. The molecule has 0 radical (unpaired) electrons. The van der Waals surface area contributed by atoms with Gasteiger partial charge in [0.05, 0.1) is 0 Å². The van der Waals surface area contributed by atoms with Crippen molar-refractivity contribution < 1.29 is 0 Å². The van der Waals surface area contributed by atoms with Gasteiger partial charge in [-0.15, -0.1) is 0 Å². The zero-order valence-corrected chi connectivity index (χ0v) is 12.6. The second kappa shape index (κ2) is 7.25. The molecule has 0 saturated carbocycles. The Kier molecular flexibility index (Phi) is 5.98. The summed E-state index contributed by atoms with van der Waals surface area (Å²) in [5.74, 6) is 8.19. The van der Waals surface area contributed by atoms with Crippen molar-refractivity contribution >= 4 is 11.6 Å². The van der Waals surface area contributed by atoms with Crippen molar-refractivity contribution in [2.24, 2.45) is 11.8 Å². The molecule has 1 heterocycles. The van der Waals surface area contributed by atoms with E-state index in [1.54, 1.807) is 0 Å². The molecule has 1 rings (SSSR count). The topological polar surface area (TPSA) is 79.1 Å². The number of nitrogens with zero attached hydrogens (tertiary/aromatic N) is 3. The molecule has 0 aliphatic carbocycles. The normalized spacial score (nSPS) is 12.8. The van der Waals surface area contributed by atoms with Crippen LogP contribution in [0.5, 0.6) is 0 Å². The predicted molar refractivity (Wildman–Crippen MR) is 80.0 cm³/mol. The van der Waals surface area contributed by atoms with Crippen LogP contribution >= 0.6 is 0 Å². The van der Waals surface area contributed by atoms with E-state index in [0.717, 1.165) is 24.6 Å². The lowest BCUT2D eigenvalue weighted by atomic mass is 10.0. The molecule has 0 spiro atoms. The van der Waals surface area contributed by atoms with Gasteiger partial charge in [0.25, 0.3) is 0 Å². The number of rotatable bonds is 7.